The van der Waals surface area contributed by atoms with E-state index < -0.39 is 0 Å². The molecule has 1 fully saturated rings. The van der Waals surface area contributed by atoms with Crippen LogP contribution in [0.1, 0.15) is 24.0 Å². The van der Waals surface area contributed by atoms with E-state index in [2.05, 4.69) is 38.3 Å². The lowest BCUT2D eigenvalue weighted by atomic mass is 10.1. The smallest absolute Gasteiger partial charge is 0.258 e. The lowest BCUT2D eigenvalue weighted by molar-refractivity contribution is -0.123. The standard InChI is InChI=1S/C20H22BrFN2O2/c21-18-11-17(22)7-8-19(18)26-14-20(25)23-12-15-3-5-16(6-4-15)13-24-9-1-2-10-24/h3-8,11H,1-2,9-10,12-14H2,(H,23,25). The van der Waals surface area contributed by atoms with Crippen LogP contribution in [0.5, 0.6) is 5.75 Å². The van der Waals surface area contributed by atoms with Gasteiger partial charge in [0.2, 0.25) is 0 Å². The summed E-state index contributed by atoms with van der Waals surface area (Å²) in [5.74, 6) is -0.142. The van der Waals surface area contributed by atoms with Crippen molar-refractivity contribution in [2.45, 2.75) is 25.9 Å². The molecule has 1 aliphatic heterocycles. The summed E-state index contributed by atoms with van der Waals surface area (Å²) >= 11 is 3.21. The molecule has 0 unspecified atom stereocenters. The first-order chi connectivity index (χ1) is 12.6. The number of halogens is 2. The van der Waals surface area contributed by atoms with Crippen molar-refractivity contribution in [3.8, 4) is 5.75 Å². The molecule has 2 aromatic rings. The Morgan fingerprint density at radius 1 is 1.12 bits per heavy atom. The third-order valence-electron chi connectivity index (χ3n) is 4.37. The molecule has 1 aliphatic rings. The summed E-state index contributed by atoms with van der Waals surface area (Å²) in [5.41, 5.74) is 2.35. The van der Waals surface area contributed by atoms with Crippen molar-refractivity contribution < 1.29 is 13.9 Å². The topological polar surface area (TPSA) is 41.6 Å². The minimum Gasteiger partial charge on any atom is -0.483 e. The largest absolute Gasteiger partial charge is 0.483 e. The molecule has 1 amide bonds. The highest BCUT2D eigenvalue weighted by Gasteiger charge is 2.11. The second kappa shape index (κ2) is 9.14. The van der Waals surface area contributed by atoms with Gasteiger partial charge in [-0.1, -0.05) is 24.3 Å². The van der Waals surface area contributed by atoms with Crippen LogP contribution >= 0.6 is 15.9 Å². The van der Waals surface area contributed by atoms with Crippen LogP contribution in [-0.4, -0.2) is 30.5 Å². The Labute approximate surface area is 161 Å². The van der Waals surface area contributed by atoms with E-state index in [0.717, 1.165) is 12.1 Å². The fourth-order valence-electron chi connectivity index (χ4n) is 2.95. The van der Waals surface area contributed by atoms with E-state index in [1.807, 2.05) is 12.1 Å². The van der Waals surface area contributed by atoms with E-state index in [1.165, 1.54) is 49.7 Å². The second-order valence-corrected chi connectivity index (χ2v) is 7.29. The van der Waals surface area contributed by atoms with Crippen molar-refractivity contribution in [3.05, 3.63) is 63.9 Å². The minimum atomic E-state index is -0.359. The van der Waals surface area contributed by atoms with E-state index in [0.29, 0.717) is 16.8 Å². The molecule has 0 aromatic heterocycles. The summed E-state index contributed by atoms with van der Waals surface area (Å²) < 4.78 is 18.9. The van der Waals surface area contributed by atoms with E-state index in [-0.39, 0.29) is 18.3 Å². The van der Waals surface area contributed by atoms with Gasteiger partial charge in [-0.2, -0.15) is 0 Å². The van der Waals surface area contributed by atoms with Crippen molar-refractivity contribution in [1.29, 1.82) is 0 Å². The fraction of sp³-hybridized carbons (Fsp3) is 0.350. The van der Waals surface area contributed by atoms with Crippen molar-refractivity contribution in [2.24, 2.45) is 0 Å². The molecule has 138 valence electrons. The molecule has 0 saturated carbocycles. The van der Waals surface area contributed by atoms with Crippen LogP contribution in [0, 0.1) is 5.82 Å². The van der Waals surface area contributed by atoms with Gasteiger partial charge in [-0.3, -0.25) is 9.69 Å². The zero-order chi connectivity index (χ0) is 18.4. The molecule has 3 rings (SSSR count). The van der Waals surface area contributed by atoms with Crippen LogP contribution in [0.3, 0.4) is 0 Å². The monoisotopic (exact) mass is 420 g/mol. The second-order valence-electron chi connectivity index (χ2n) is 6.44. The average molecular weight is 421 g/mol. The lowest BCUT2D eigenvalue weighted by Gasteiger charge is -2.14. The van der Waals surface area contributed by atoms with Crippen LogP contribution in [-0.2, 0) is 17.9 Å². The molecule has 1 saturated heterocycles. The summed E-state index contributed by atoms with van der Waals surface area (Å²) in [6, 6.07) is 12.4. The zero-order valence-corrected chi connectivity index (χ0v) is 16.1. The molecule has 0 spiro atoms. The van der Waals surface area contributed by atoms with Gasteiger partial charge in [0.05, 0.1) is 4.47 Å². The number of nitrogens with zero attached hydrogens (tertiary/aromatic N) is 1. The molecule has 0 radical (unpaired) electrons. The first-order valence-electron chi connectivity index (χ1n) is 8.75. The summed E-state index contributed by atoms with van der Waals surface area (Å²) in [4.78, 5) is 14.4. The fourth-order valence-corrected chi connectivity index (χ4v) is 3.41. The summed E-state index contributed by atoms with van der Waals surface area (Å²) in [5, 5.41) is 2.83. The Morgan fingerprint density at radius 2 is 1.81 bits per heavy atom. The van der Waals surface area contributed by atoms with Crippen LogP contribution in [0.25, 0.3) is 0 Å². The maximum absolute atomic E-state index is 13.0. The SMILES string of the molecule is O=C(COc1ccc(F)cc1Br)NCc1ccc(CN2CCCC2)cc1. The van der Waals surface area contributed by atoms with Gasteiger partial charge in [0.15, 0.2) is 6.61 Å². The van der Waals surface area contributed by atoms with E-state index in [9.17, 15) is 9.18 Å². The van der Waals surface area contributed by atoms with Crippen LogP contribution < -0.4 is 10.1 Å². The Hall–Kier alpha value is -1.92. The van der Waals surface area contributed by atoms with Crippen molar-refractivity contribution in [3.63, 3.8) is 0 Å². The van der Waals surface area contributed by atoms with Gasteiger partial charge >= 0.3 is 0 Å². The normalized spacial score (nSPS) is 14.4. The molecule has 1 heterocycles. The molecule has 1 N–H and O–H groups in total. The molecule has 0 aliphatic carbocycles. The van der Waals surface area contributed by atoms with Crippen molar-refractivity contribution in [2.75, 3.05) is 19.7 Å². The summed E-state index contributed by atoms with van der Waals surface area (Å²) in [6.45, 7) is 3.70. The summed E-state index contributed by atoms with van der Waals surface area (Å²) in [7, 11) is 0. The van der Waals surface area contributed by atoms with Gasteiger partial charge in [0, 0.05) is 13.1 Å². The third kappa shape index (κ3) is 5.54. The van der Waals surface area contributed by atoms with Crippen molar-refractivity contribution in [1.82, 2.24) is 10.2 Å². The number of likely N-dealkylation sites (tertiary alicyclic amines) is 1. The maximum atomic E-state index is 13.0. The number of ether oxygens (including phenoxy) is 1. The molecule has 0 bridgehead atoms. The number of hydrogen-bond donors (Lipinski definition) is 1. The molecule has 0 atom stereocenters. The number of benzene rings is 2. The first-order valence-corrected chi connectivity index (χ1v) is 9.54. The number of carbonyl (C=O) groups excluding carboxylic acids is 1. The van der Waals surface area contributed by atoms with E-state index >= 15 is 0 Å². The predicted octanol–water partition coefficient (Wildman–Crippen LogP) is 3.88. The third-order valence-corrected chi connectivity index (χ3v) is 4.99. The number of rotatable bonds is 7. The Kier molecular flexibility index (Phi) is 6.63. The Bertz CT molecular complexity index is 746. The molecule has 2 aromatic carbocycles. The molecular formula is C20H22BrFN2O2. The maximum Gasteiger partial charge on any atom is 0.258 e. The van der Waals surface area contributed by atoms with Gasteiger partial charge in [-0.25, -0.2) is 4.39 Å². The number of carbonyl (C=O) groups is 1. The zero-order valence-electron chi connectivity index (χ0n) is 14.5. The highest BCUT2D eigenvalue weighted by atomic mass is 79.9. The van der Waals surface area contributed by atoms with Gasteiger partial charge in [-0.05, 0) is 71.2 Å². The van der Waals surface area contributed by atoms with Crippen molar-refractivity contribution >= 4 is 21.8 Å². The van der Waals surface area contributed by atoms with E-state index in [1.54, 1.807) is 0 Å². The van der Waals surface area contributed by atoms with Crippen LogP contribution in [0.15, 0.2) is 46.9 Å². The molecule has 4 nitrogen and oxygen atoms in total. The number of hydrogen-bond acceptors (Lipinski definition) is 3. The predicted molar refractivity (Wildman–Crippen MR) is 102 cm³/mol. The van der Waals surface area contributed by atoms with E-state index in [4.69, 9.17) is 4.74 Å². The number of nitrogens with one attached hydrogen (secondary N) is 1. The minimum absolute atomic E-state index is 0.114. The summed E-state index contributed by atoms with van der Waals surface area (Å²) in [6.07, 6.45) is 2.58. The molecule has 6 heteroatoms. The molecule has 26 heavy (non-hydrogen) atoms. The highest BCUT2D eigenvalue weighted by Crippen LogP contribution is 2.25. The van der Waals surface area contributed by atoms with Gasteiger partial charge in [0.1, 0.15) is 11.6 Å². The Balaban J connectivity index is 1.42. The highest BCUT2D eigenvalue weighted by molar-refractivity contribution is 9.10. The van der Waals surface area contributed by atoms with Gasteiger partial charge in [-0.15, -0.1) is 0 Å². The van der Waals surface area contributed by atoms with Crippen LogP contribution in [0.2, 0.25) is 0 Å². The average Bonchev–Trinajstić information content (AvgIpc) is 3.13. The van der Waals surface area contributed by atoms with Gasteiger partial charge < -0.3 is 10.1 Å². The first kappa shape index (κ1) is 18.9. The quantitative estimate of drug-likeness (QED) is 0.738. The lowest BCUT2D eigenvalue weighted by Crippen LogP contribution is -2.28. The molecular weight excluding hydrogens is 399 g/mol. The Morgan fingerprint density at radius 3 is 2.50 bits per heavy atom. The number of amides is 1. The van der Waals surface area contributed by atoms with Crippen LogP contribution in [0.4, 0.5) is 4.39 Å². The van der Waals surface area contributed by atoms with Gasteiger partial charge in [0.25, 0.3) is 5.91 Å².